The normalized spacial score (nSPS) is 15.3. The fourth-order valence-corrected chi connectivity index (χ4v) is 3.17. The van der Waals surface area contributed by atoms with Gasteiger partial charge in [0.15, 0.2) is 0 Å². The third kappa shape index (κ3) is 5.28. The molecule has 0 saturated carbocycles. The fraction of sp³-hybridized carbons (Fsp3) is 0.438. The third-order valence-electron chi connectivity index (χ3n) is 3.56. The number of carbonyl (C=O) groups excluding carboxylic acids is 3. The summed E-state index contributed by atoms with van der Waals surface area (Å²) in [5.74, 6) is 0.0234. The van der Waals surface area contributed by atoms with E-state index in [1.807, 2.05) is 30.3 Å². The molecule has 1 fully saturated rings. The predicted molar refractivity (Wildman–Crippen MR) is 88.1 cm³/mol. The van der Waals surface area contributed by atoms with Crippen LogP contribution in [-0.4, -0.2) is 54.0 Å². The summed E-state index contributed by atoms with van der Waals surface area (Å²) >= 11 is 1.26. The first-order valence-electron chi connectivity index (χ1n) is 7.43. The van der Waals surface area contributed by atoms with Gasteiger partial charge in [-0.15, -0.1) is 0 Å². The molecule has 1 saturated heterocycles. The molecule has 1 aromatic carbocycles. The van der Waals surface area contributed by atoms with E-state index in [4.69, 9.17) is 4.74 Å². The Morgan fingerprint density at radius 3 is 2.70 bits per heavy atom. The monoisotopic (exact) mass is 336 g/mol. The molecular formula is C16H20N2O4S. The van der Waals surface area contributed by atoms with Gasteiger partial charge in [0.1, 0.15) is 6.04 Å². The number of nitrogens with zero attached hydrogens (tertiary/aromatic N) is 1. The number of amides is 2. The molecule has 7 heteroatoms. The number of nitrogens with one attached hydrogen (secondary N) is 1. The Morgan fingerprint density at radius 1 is 1.35 bits per heavy atom. The van der Waals surface area contributed by atoms with Gasteiger partial charge in [-0.05, 0) is 5.56 Å². The maximum Gasteiger partial charge on any atom is 0.328 e. The lowest BCUT2D eigenvalue weighted by Crippen LogP contribution is -2.44. The molecule has 1 aromatic rings. The highest BCUT2D eigenvalue weighted by molar-refractivity contribution is 8.13. The Kier molecular flexibility index (Phi) is 6.46. The van der Waals surface area contributed by atoms with Gasteiger partial charge in [0.25, 0.3) is 5.24 Å². The van der Waals surface area contributed by atoms with Crippen molar-refractivity contribution in [3.05, 3.63) is 35.9 Å². The summed E-state index contributed by atoms with van der Waals surface area (Å²) in [5.41, 5.74) is 0.939. The van der Waals surface area contributed by atoms with E-state index < -0.39 is 12.0 Å². The fourth-order valence-electron chi connectivity index (χ4n) is 2.32. The van der Waals surface area contributed by atoms with Crippen LogP contribution in [0, 0.1) is 0 Å². The van der Waals surface area contributed by atoms with Crippen LogP contribution in [0.1, 0.15) is 12.0 Å². The van der Waals surface area contributed by atoms with E-state index in [1.165, 1.54) is 18.9 Å². The van der Waals surface area contributed by atoms with Crippen molar-refractivity contribution in [2.24, 2.45) is 0 Å². The summed E-state index contributed by atoms with van der Waals surface area (Å²) in [6, 6.07) is 8.70. The molecule has 1 aliphatic heterocycles. The Hall–Kier alpha value is -2.02. The van der Waals surface area contributed by atoms with Crippen LogP contribution in [0.3, 0.4) is 0 Å². The van der Waals surface area contributed by atoms with Gasteiger partial charge in [-0.1, -0.05) is 42.1 Å². The van der Waals surface area contributed by atoms with Gasteiger partial charge in [0.05, 0.1) is 7.11 Å². The number of rotatable bonds is 7. The highest BCUT2D eigenvalue weighted by atomic mass is 32.2. The standard InChI is InChI=1S/C16H20N2O4S/c1-22-15(20)13(11-12-5-3-2-4-6-12)17-14(19)7-8-18-9-10-23-16(18)21/h2-6,13H,7-11H2,1H3,(H,17,19)/t13-/m0/s1. The van der Waals surface area contributed by atoms with E-state index in [2.05, 4.69) is 5.32 Å². The van der Waals surface area contributed by atoms with E-state index in [-0.39, 0.29) is 17.6 Å². The molecule has 0 bridgehead atoms. The molecule has 124 valence electrons. The van der Waals surface area contributed by atoms with Crippen LogP contribution in [0.25, 0.3) is 0 Å². The van der Waals surface area contributed by atoms with E-state index in [9.17, 15) is 14.4 Å². The zero-order chi connectivity index (χ0) is 16.7. The van der Waals surface area contributed by atoms with E-state index in [0.29, 0.717) is 19.5 Å². The molecule has 1 N–H and O–H groups in total. The largest absolute Gasteiger partial charge is 0.467 e. The van der Waals surface area contributed by atoms with Crippen molar-refractivity contribution in [1.82, 2.24) is 10.2 Å². The Labute approximate surface area is 139 Å². The molecule has 2 amide bonds. The summed E-state index contributed by atoms with van der Waals surface area (Å²) in [7, 11) is 1.30. The van der Waals surface area contributed by atoms with Crippen LogP contribution in [0.5, 0.6) is 0 Å². The van der Waals surface area contributed by atoms with Crippen molar-refractivity contribution in [2.75, 3.05) is 26.0 Å². The number of hydrogen-bond donors (Lipinski definition) is 1. The first kappa shape index (κ1) is 17.3. The highest BCUT2D eigenvalue weighted by Crippen LogP contribution is 2.17. The Morgan fingerprint density at radius 2 is 2.09 bits per heavy atom. The zero-order valence-electron chi connectivity index (χ0n) is 13.0. The minimum absolute atomic E-state index is 0.00611. The lowest BCUT2D eigenvalue weighted by molar-refractivity contribution is -0.145. The van der Waals surface area contributed by atoms with Crippen molar-refractivity contribution >= 4 is 28.9 Å². The number of thioether (sulfide) groups is 1. The zero-order valence-corrected chi connectivity index (χ0v) is 13.8. The number of hydrogen-bond acceptors (Lipinski definition) is 5. The number of methoxy groups -OCH3 is 1. The highest BCUT2D eigenvalue weighted by Gasteiger charge is 2.24. The Bertz CT molecular complexity index is 564. The van der Waals surface area contributed by atoms with Gasteiger partial charge < -0.3 is 15.0 Å². The van der Waals surface area contributed by atoms with Crippen LogP contribution < -0.4 is 5.32 Å². The van der Waals surface area contributed by atoms with Crippen molar-refractivity contribution in [3.63, 3.8) is 0 Å². The first-order chi connectivity index (χ1) is 11.1. The average molecular weight is 336 g/mol. The van der Waals surface area contributed by atoms with Gasteiger partial charge in [-0.2, -0.15) is 0 Å². The molecule has 1 aliphatic rings. The van der Waals surface area contributed by atoms with Gasteiger partial charge in [-0.25, -0.2) is 4.79 Å². The molecule has 2 rings (SSSR count). The van der Waals surface area contributed by atoms with Crippen molar-refractivity contribution < 1.29 is 19.1 Å². The minimum atomic E-state index is -0.724. The second kappa shape index (κ2) is 8.57. The molecular weight excluding hydrogens is 316 g/mol. The van der Waals surface area contributed by atoms with Crippen LogP contribution in [0.4, 0.5) is 4.79 Å². The van der Waals surface area contributed by atoms with Crippen LogP contribution in [0.15, 0.2) is 30.3 Å². The Balaban J connectivity index is 1.87. The number of carbonyl (C=O) groups is 3. The SMILES string of the molecule is COC(=O)[C@H](Cc1ccccc1)NC(=O)CCN1CCSC1=O. The maximum atomic E-state index is 12.1. The minimum Gasteiger partial charge on any atom is -0.467 e. The summed E-state index contributed by atoms with van der Waals surface area (Å²) < 4.78 is 4.76. The summed E-state index contributed by atoms with van der Waals surface area (Å²) in [6.45, 7) is 1.04. The molecule has 0 unspecified atom stereocenters. The van der Waals surface area contributed by atoms with Crippen molar-refractivity contribution in [2.45, 2.75) is 18.9 Å². The third-order valence-corrected chi connectivity index (χ3v) is 4.45. The summed E-state index contributed by atoms with van der Waals surface area (Å²) in [4.78, 5) is 37.1. The molecule has 0 radical (unpaired) electrons. The van der Waals surface area contributed by atoms with Crippen LogP contribution in [-0.2, 0) is 20.7 Å². The lowest BCUT2D eigenvalue weighted by atomic mass is 10.1. The average Bonchev–Trinajstić information content (AvgIpc) is 2.97. The van der Waals surface area contributed by atoms with E-state index in [0.717, 1.165) is 11.3 Å². The van der Waals surface area contributed by atoms with E-state index >= 15 is 0 Å². The van der Waals surface area contributed by atoms with Gasteiger partial charge in [-0.3, -0.25) is 9.59 Å². The van der Waals surface area contributed by atoms with Crippen molar-refractivity contribution in [1.29, 1.82) is 0 Å². The number of esters is 1. The molecule has 6 nitrogen and oxygen atoms in total. The number of ether oxygens (including phenoxy) is 1. The maximum absolute atomic E-state index is 12.1. The quantitative estimate of drug-likeness (QED) is 0.763. The molecule has 0 aliphatic carbocycles. The van der Waals surface area contributed by atoms with Crippen LogP contribution in [0.2, 0.25) is 0 Å². The van der Waals surface area contributed by atoms with Crippen molar-refractivity contribution in [3.8, 4) is 0 Å². The molecule has 1 heterocycles. The lowest BCUT2D eigenvalue weighted by Gasteiger charge is -2.18. The second-order valence-corrected chi connectivity index (χ2v) is 6.23. The van der Waals surface area contributed by atoms with E-state index in [1.54, 1.807) is 4.90 Å². The van der Waals surface area contributed by atoms with Gasteiger partial charge >= 0.3 is 5.97 Å². The summed E-state index contributed by atoms with van der Waals surface area (Å²) in [6.07, 6.45) is 0.548. The van der Waals surface area contributed by atoms with Gasteiger partial charge in [0, 0.05) is 31.7 Å². The first-order valence-corrected chi connectivity index (χ1v) is 8.41. The number of benzene rings is 1. The topological polar surface area (TPSA) is 75.7 Å². The summed E-state index contributed by atoms with van der Waals surface area (Å²) in [5, 5.41) is 2.70. The van der Waals surface area contributed by atoms with Crippen LogP contribution >= 0.6 is 11.8 Å². The predicted octanol–water partition coefficient (Wildman–Crippen LogP) is 1.45. The second-order valence-electron chi connectivity index (χ2n) is 5.18. The van der Waals surface area contributed by atoms with Gasteiger partial charge in [0.2, 0.25) is 5.91 Å². The molecule has 0 aromatic heterocycles. The molecule has 23 heavy (non-hydrogen) atoms. The smallest absolute Gasteiger partial charge is 0.328 e. The molecule has 1 atom stereocenters. The molecule has 0 spiro atoms.